The molecule has 0 aromatic rings. The highest BCUT2D eigenvalue weighted by atomic mass is 28.3. The van der Waals surface area contributed by atoms with Gasteiger partial charge in [-0.3, -0.25) is 4.79 Å². The number of rotatable bonds is 3. The fourth-order valence-electron chi connectivity index (χ4n) is 0.838. The lowest BCUT2D eigenvalue weighted by Crippen LogP contribution is -2.16. The van der Waals surface area contributed by atoms with Crippen molar-refractivity contribution < 1.29 is 14.3 Å². The Hall–Kier alpha value is -1.34. The van der Waals surface area contributed by atoms with Gasteiger partial charge in [-0.2, -0.15) is 0 Å². The fraction of sp³-hybridized carbons (Fsp3) is 0.500. The molecule has 0 saturated heterocycles. The van der Waals surface area contributed by atoms with Crippen LogP contribution >= 0.6 is 0 Å². The van der Waals surface area contributed by atoms with Gasteiger partial charge in [-0.05, 0) is 13.8 Å². The predicted molar refractivity (Wildman–Crippen MR) is 66.5 cm³/mol. The third-order valence-corrected chi connectivity index (χ3v) is 2.43. The quantitative estimate of drug-likeness (QED) is 0.188. The van der Waals surface area contributed by atoms with Gasteiger partial charge >= 0.3 is 5.97 Å². The van der Waals surface area contributed by atoms with Crippen LogP contribution < -0.4 is 0 Å². The molecular weight excluding hydrogens is 220 g/mol. The van der Waals surface area contributed by atoms with E-state index in [0.29, 0.717) is 0 Å². The number of carbonyl (C=O) groups is 2. The molecule has 3 nitrogen and oxygen atoms in total. The van der Waals surface area contributed by atoms with Crippen molar-refractivity contribution in [1.29, 1.82) is 0 Å². The lowest BCUT2D eigenvalue weighted by molar-refractivity contribution is -0.139. The maximum absolute atomic E-state index is 11.4. The molecule has 0 rings (SSSR count). The van der Waals surface area contributed by atoms with Crippen LogP contribution in [0.4, 0.5) is 0 Å². The zero-order valence-corrected chi connectivity index (χ0v) is 11.5. The molecule has 0 atom stereocenters. The zero-order valence-electron chi connectivity index (χ0n) is 10.5. The smallest absolute Gasteiger partial charge is 0.342 e. The van der Waals surface area contributed by atoms with Crippen LogP contribution in [0.2, 0.25) is 19.6 Å². The van der Waals surface area contributed by atoms with E-state index in [2.05, 4.69) is 31.1 Å². The number of hydrogen-bond acceptors (Lipinski definition) is 3. The molecule has 88 valence electrons. The second-order valence-corrected chi connectivity index (χ2v) is 9.10. The molecular formula is C12H18O3Si. The van der Waals surface area contributed by atoms with Gasteiger partial charge in [-0.15, -0.1) is 5.54 Å². The van der Waals surface area contributed by atoms with Crippen LogP contribution in [-0.4, -0.2) is 26.4 Å². The van der Waals surface area contributed by atoms with Gasteiger partial charge in [0.05, 0.1) is 6.61 Å². The monoisotopic (exact) mass is 238 g/mol. The maximum atomic E-state index is 11.4. The number of allylic oxidation sites excluding steroid dienone is 1. The van der Waals surface area contributed by atoms with Gasteiger partial charge in [0.1, 0.15) is 13.6 Å². The van der Waals surface area contributed by atoms with Gasteiger partial charge < -0.3 is 4.74 Å². The Kier molecular flexibility index (Phi) is 5.76. The summed E-state index contributed by atoms with van der Waals surface area (Å²) in [5.74, 6) is 1.86. The maximum Gasteiger partial charge on any atom is 0.342 e. The van der Waals surface area contributed by atoms with Crippen LogP contribution in [0.3, 0.4) is 0 Å². The number of ketones is 1. The molecule has 0 radical (unpaired) electrons. The van der Waals surface area contributed by atoms with E-state index in [1.54, 1.807) is 6.92 Å². The van der Waals surface area contributed by atoms with Crippen LogP contribution in [0.15, 0.2) is 11.6 Å². The first-order chi connectivity index (χ1) is 7.28. The third kappa shape index (κ3) is 6.20. The van der Waals surface area contributed by atoms with E-state index in [1.807, 2.05) is 0 Å². The predicted octanol–water partition coefficient (Wildman–Crippen LogP) is 1.95. The minimum Gasteiger partial charge on any atom is -0.462 e. The van der Waals surface area contributed by atoms with Gasteiger partial charge in [0, 0.05) is 6.08 Å². The molecule has 16 heavy (non-hydrogen) atoms. The van der Waals surface area contributed by atoms with Crippen molar-refractivity contribution in [3.63, 3.8) is 0 Å². The Morgan fingerprint density at radius 2 is 1.88 bits per heavy atom. The second-order valence-electron chi connectivity index (χ2n) is 4.35. The summed E-state index contributed by atoms with van der Waals surface area (Å²) >= 11 is 0. The minimum absolute atomic E-state index is 0.0209. The van der Waals surface area contributed by atoms with E-state index >= 15 is 0 Å². The van der Waals surface area contributed by atoms with Crippen molar-refractivity contribution in [3.05, 3.63) is 11.6 Å². The van der Waals surface area contributed by atoms with Gasteiger partial charge in [0.15, 0.2) is 5.78 Å². The van der Waals surface area contributed by atoms with Crippen molar-refractivity contribution >= 4 is 19.8 Å². The van der Waals surface area contributed by atoms with Crippen molar-refractivity contribution in [1.82, 2.24) is 0 Å². The van der Waals surface area contributed by atoms with Crippen LogP contribution in [-0.2, 0) is 14.3 Å². The first-order valence-electron chi connectivity index (χ1n) is 5.19. The lowest BCUT2D eigenvalue weighted by atomic mass is 10.2. The summed E-state index contributed by atoms with van der Waals surface area (Å²) in [6.45, 7) is 9.55. The van der Waals surface area contributed by atoms with E-state index in [0.717, 1.165) is 0 Å². The zero-order chi connectivity index (χ0) is 12.8. The standard InChI is InChI=1S/C12H18O3Si/c1-6-15-12(14)11(10(2)13)8-7-9-16(3,4)5/h8H,6H2,1-5H3/b11-8+. The molecule has 0 aliphatic carbocycles. The number of ether oxygens (including phenoxy) is 1. The first-order valence-corrected chi connectivity index (χ1v) is 8.69. The molecule has 0 saturated carbocycles. The lowest BCUT2D eigenvalue weighted by Gasteiger charge is -2.03. The van der Waals surface area contributed by atoms with Crippen molar-refractivity contribution in [3.8, 4) is 11.5 Å². The van der Waals surface area contributed by atoms with E-state index in [4.69, 9.17) is 4.74 Å². The molecule has 0 fully saturated rings. The van der Waals surface area contributed by atoms with E-state index in [9.17, 15) is 9.59 Å². The summed E-state index contributed by atoms with van der Waals surface area (Å²) in [6.07, 6.45) is 1.36. The van der Waals surface area contributed by atoms with E-state index in [-0.39, 0.29) is 18.0 Å². The molecule has 4 heteroatoms. The van der Waals surface area contributed by atoms with Crippen molar-refractivity contribution in [2.75, 3.05) is 6.61 Å². The summed E-state index contributed by atoms with van der Waals surface area (Å²) in [5.41, 5.74) is 3.08. The SMILES string of the molecule is CCOC(=O)/C(=C/C#C[Si](C)(C)C)C(C)=O. The van der Waals surface area contributed by atoms with Crippen LogP contribution in [0.5, 0.6) is 0 Å². The molecule has 0 aromatic carbocycles. The van der Waals surface area contributed by atoms with Gasteiger partial charge in [-0.1, -0.05) is 25.6 Å². The summed E-state index contributed by atoms with van der Waals surface area (Å²) < 4.78 is 4.76. The summed E-state index contributed by atoms with van der Waals surface area (Å²) in [6, 6.07) is 0. The molecule has 0 aromatic heterocycles. The molecule has 0 bridgehead atoms. The highest BCUT2D eigenvalue weighted by molar-refractivity contribution is 6.83. The Labute approximate surface area is 97.9 Å². The van der Waals surface area contributed by atoms with Crippen LogP contribution in [0, 0.1) is 11.5 Å². The molecule has 0 aliphatic rings. The molecule has 0 aliphatic heterocycles. The molecule has 0 unspecified atom stereocenters. The third-order valence-electron chi connectivity index (χ3n) is 1.54. The highest BCUT2D eigenvalue weighted by Gasteiger charge is 2.14. The van der Waals surface area contributed by atoms with E-state index in [1.165, 1.54) is 13.0 Å². The first kappa shape index (κ1) is 14.7. The van der Waals surface area contributed by atoms with Crippen LogP contribution in [0.25, 0.3) is 0 Å². The average molecular weight is 238 g/mol. The van der Waals surface area contributed by atoms with Crippen molar-refractivity contribution in [2.45, 2.75) is 33.5 Å². The summed E-state index contributed by atoms with van der Waals surface area (Å²) in [7, 11) is -1.48. The number of carbonyl (C=O) groups excluding carboxylic acids is 2. The Morgan fingerprint density at radius 3 is 2.25 bits per heavy atom. The molecule has 0 amide bonds. The van der Waals surface area contributed by atoms with Crippen molar-refractivity contribution in [2.24, 2.45) is 0 Å². The summed E-state index contributed by atoms with van der Waals surface area (Å²) in [4.78, 5) is 22.6. The largest absolute Gasteiger partial charge is 0.462 e. The second kappa shape index (κ2) is 6.29. The van der Waals surface area contributed by atoms with Gasteiger partial charge in [0.25, 0.3) is 0 Å². The highest BCUT2D eigenvalue weighted by Crippen LogP contribution is 2.01. The average Bonchev–Trinajstić information content (AvgIpc) is 2.10. The minimum atomic E-state index is -1.48. The molecule has 0 N–H and O–H groups in total. The topological polar surface area (TPSA) is 43.4 Å². The van der Waals surface area contributed by atoms with Crippen LogP contribution in [0.1, 0.15) is 13.8 Å². The number of hydrogen-bond donors (Lipinski definition) is 0. The Balaban J connectivity index is 4.92. The van der Waals surface area contributed by atoms with Gasteiger partial charge in [0.2, 0.25) is 0 Å². The Bertz CT molecular complexity index is 364. The summed E-state index contributed by atoms with van der Waals surface area (Å²) in [5, 5.41) is 0. The Morgan fingerprint density at radius 1 is 1.31 bits per heavy atom. The molecule has 0 heterocycles. The molecule has 0 spiro atoms. The fourth-order valence-corrected chi connectivity index (χ4v) is 1.34. The number of Topliss-reactive ketones (excluding diaryl/α,β-unsaturated/α-hetero) is 1. The number of esters is 1. The van der Waals surface area contributed by atoms with E-state index < -0.39 is 14.0 Å². The normalized spacial score (nSPS) is 11.4. The van der Waals surface area contributed by atoms with Gasteiger partial charge in [-0.25, -0.2) is 4.79 Å².